The van der Waals surface area contributed by atoms with Crippen LogP contribution in [0.15, 0.2) is 84.9 Å². The Morgan fingerprint density at radius 3 is 1.68 bits per heavy atom. The Kier molecular flexibility index (Phi) is 5.01. The largest absolute Gasteiger partial charge is 0.418 e. The first kappa shape index (κ1) is 22.1. The van der Waals surface area contributed by atoms with Crippen molar-refractivity contribution in [1.29, 1.82) is 0 Å². The monoisotopic (exact) mass is 465 g/mol. The summed E-state index contributed by atoms with van der Waals surface area (Å²) in [6, 6.07) is 21.1. The number of hydrogen-bond acceptors (Lipinski definition) is 1. The van der Waals surface area contributed by atoms with Gasteiger partial charge in [0.2, 0.25) is 0 Å². The molecule has 4 aromatic rings. The first-order valence-corrected chi connectivity index (χ1v) is 10.8. The van der Waals surface area contributed by atoms with E-state index in [0.717, 1.165) is 29.3 Å². The topological polar surface area (TPSA) is 3.24 Å². The van der Waals surface area contributed by atoms with Crippen molar-refractivity contribution in [3.8, 4) is 11.1 Å². The highest BCUT2D eigenvalue weighted by molar-refractivity contribution is 5.94. The molecule has 0 bridgehead atoms. The average Bonchev–Trinajstić information content (AvgIpc) is 2.79. The smallest absolute Gasteiger partial charge is 0.309 e. The summed E-state index contributed by atoms with van der Waals surface area (Å²) >= 11 is 0. The van der Waals surface area contributed by atoms with E-state index in [1.807, 2.05) is 38.1 Å². The summed E-state index contributed by atoms with van der Waals surface area (Å²) in [4.78, 5) is 1.49. The molecule has 0 radical (unpaired) electrons. The van der Waals surface area contributed by atoms with Crippen LogP contribution in [-0.2, 0) is 11.6 Å². The summed E-state index contributed by atoms with van der Waals surface area (Å²) in [5.41, 5.74) is 0.225. The molecule has 0 fully saturated rings. The van der Waals surface area contributed by atoms with Gasteiger partial charge in [-0.1, -0.05) is 68.4 Å². The Morgan fingerprint density at radius 2 is 1.15 bits per heavy atom. The fraction of sp³-hybridized carbons (Fsp3) is 0.143. The lowest BCUT2D eigenvalue weighted by molar-refractivity contribution is -0.137. The maximum absolute atomic E-state index is 14.9. The van der Waals surface area contributed by atoms with Crippen LogP contribution in [0.3, 0.4) is 0 Å². The van der Waals surface area contributed by atoms with E-state index in [0.29, 0.717) is 11.4 Å². The Morgan fingerprint density at radius 1 is 0.647 bits per heavy atom. The summed E-state index contributed by atoms with van der Waals surface area (Å²) in [6.45, 7) is 4.02. The number of halogens is 5. The summed E-state index contributed by atoms with van der Waals surface area (Å²) in [6.07, 6.45) is -4.76. The molecule has 0 spiro atoms. The second-order valence-corrected chi connectivity index (χ2v) is 8.79. The van der Waals surface area contributed by atoms with Gasteiger partial charge in [0, 0.05) is 11.0 Å². The number of para-hydroxylation sites is 3. The van der Waals surface area contributed by atoms with Gasteiger partial charge in [0.15, 0.2) is 0 Å². The molecule has 0 unspecified atom stereocenters. The molecule has 0 amide bonds. The first-order valence-electron chi connectivity index (χ1n) is 10.8. The summed E-state index contributed by atoms with van der Waals surface area (Å²) in [5.74, 6) is -1.86. The van der Waals surface area contributed by atoms with Crippen molar-refractivity contribution < 1.29 is 22.0 Å². The molecule has 0 saturated heterocycles. The number of fused-ring (bicyclic) bond motifs is 2. The summed E-state index contributed by atoms with van der Waals surface area (Å²) in [7, 11) is 0. The molecule has 6 heteroatoms. The summed E-state index contributed by atoms with van der Waals surface area (Å²) in [5, 5.41) is 0. The van der Waals surface area contributed by atoms with Gasteiger partial charge in [-0.3, -0.25) is 0 Å². The molecule has 0 aromatic heterocycles. The lowest BCUT2D eigenvalue weighted by atomic mass is 9.73. The Bertz CT molecular complexity index is 1330. The van der Waals surface area contributed by atoms with Crippen molar-refractivity contribution in [3.63, 3.8) is 0 Å². The maximum Gasteiger partial charge on any atom is 0.418 e. The van der Waals surface area contributed by atoms with Crippen LogP contribution in [0.2, 0.25) is 0 Å². The number of rotatable bonds is 2. The molecular weight excluding hydrogens is 445 g/mol. The SMILES string of the molecule is CC1(C)c2ccccc2N(c2c(-c3c(F)cccc3F)cccc2C(F)(F)F)c2ccccc21. The van der Waals surface area contributed by atoms with Gasteiger partial charge >= 0.3 is 6.18 Å². The van der Waals surface area contributed by atoms with Crippen LogP contribution in [0.5, 0.6) is 0 Å². The van der Waals surface area contributed by atoms with E-state index in [9.17, 15) is 22.0 Å². The Hall–Kier alpha value is -3.67. The molecular formula is C28H20F5N. The molecule has 4 aromatic carbocycles. The quantitative estimate of drug-likeness (QED) is 0.268. The van der Waals surface area contributed by atoms with Crippen molar-refractivity contribution >= 4 is 17.1 Å². The molecule has 34 heavy (non-hydrogen) atoms. The van der Waals surface area contributed by atoms with E-state index in [4.69, 9.17) is 0 Å². The van der Waals surface area contributed by atoms with Crippen molar-refractivity contribution in [1.82, 2.24) is 0 Å². The van der Waals surface area contributed by atoms with Crippen LogP contribution in [0, 0.1) is 11.6 Å². The van der Waals surface area contributed by atoms with E-state index >= 15 is 0 Å². The number of alkyl halides is 3. The molecule has 1 heterocycles. The third kappa shape index (κ3) is 3.28. The van der Waals surface area contributed by atoms with Gasteiger partial charge in [-0.25, -0.2) is 8.78 Å². The fourth-order valence-corrected chi connectivity index (χ4v) is 4.88. The van der Waals surface area contributed by atoms with Crippen LogP contribution < -0.4 is 4.90 Å². The van der Waals surface area contributed by atoms with Crippen molar-refractivity contribution in [2.75, 3.05) is 4.90 Å². The number of hydrogen-bond donors (Lipinski definition) is 0. The maximum atomic E-state index is 14.9. The van der Waals surface area contributed by atoms with Gasteiger partial charge in [-0.2, -0.15) is 13.2 Å². The third-order valence-electron chi connectivity index (χ3n) is 6.43. The zero-order chi connectivity index (χ0) is 24.3. The second kappa shape index (κ2) is 7.69. The van der Waals surface area contributed by atoms with Crippen LogP contribution in [0.4, 0.5) is 39.0 Å². The Labute approximate surface area is 194 Å². The second-order valence-electron chi connectivity index (χ2n) is 8.79. The lowest BCUT2D eigenvalue weighted by Crippen LogP contribution is -2.31. The number of nitrogens with zero attached hydrogens (tertiary/aromatic N) is 1. The molecule has 0 aliphatic carbocycles. The van der Waals surface area contributed by atoms with Gasteiger partial charge < -0.3 is 4.90 Å². The van der Waals surface area contributed by atoms with Crippen molar-refractivity contribution in [3.05, 3.63) is 113 Å². The van der Waals surface area contributed by atoms with Crippen LogP contribution in [0.1, 0.15) is 30.5 Å². The van der Waals surface area contributed by atoms with Crippen LogP contribution >= 0.6 is 0 Å². The van der Waals surface area contributed by atoms with Crippen LogP contribution in [0.25, 0.3) is 11.1 Å². The highest BCUT2D eigenvalue weighted by Crippen LogP contribution is 2.55. The predicted octanol–water partition coefficient (Wildman–Crippen LogP) is 8.76. The lowest BCUT2D eigenvalue weighted by Gasteiger charge is -2.43. The first-order chi connectivity index (χ1) is 16.1. The highest BCUT2D eigenvalue weighted by Gasteiger charge is 2.42. The van der Waals surface area contributed by atoms with E-state index in [1.165, 1.54) is 23.1 Å². The van der Waals surface area contributed by atoms with Crippen LogP contribution in [-0.4, -0.2) is 0 Å². The number of benzene rings is 4. The zero-order valence-corrected chi connectivity index (χ0v) is 18.4. The standard InChI is InChI=1S/C28H20F5N/c1-27(2)18-10-3-5-15-23(18)34(24-16-6-4-11-19(24)27)26-17(9-7-12-20(26)28(31,32)33)25-21(29)13-8-14-22(25)30/h3-16H,1-2H3. The third-order valence-corrected chi connectivity index (χ3v) is 6.43. The molecule has 1 aliphatic heterocycles. The molecule has 1 aliphatic rings. The number of anilines is 3. The average molecular weight is 465 g/mol. The van der Waals surface area contributed by atoms with Gasteiger partial charge in [0.05, 0.1) is 28.2 Å². The Balaban J connectivity index is 1.94. The normalized spacial score (nSPS) is 14.5. The minimum Gasteiger partial charge on any atom is -0.309 e. The van der Waals surface area contributed by atoms with Crippen molar-refractivity contribution in [2.24, 2.45) is 0 Å². The van der Waals surface area contributed by atoms with E-state index in [-0.39, 0.29) is 11.3 Å². The van der Waals surface area contributed by atoms with Gasteiger partial charge in [-0.05, 0) is 41.5 Å². The predicted molar refractivity (Wildman–Crippen MR) is 124 cm³/mol. The molecule has 0 atom stereocenters. The minimum atomic E-state index is -4.76. The zero-order valence-electron chi connectivity index (χ0n) is 18.4. The fourth-order valence-electron chi connectivity index (χ4n) is 4.88. The molecule has 0 N–H and O–H groups in total. The van der Waals surface area contributed by atoms with Gasteiger partial charge in [-0.15, -0.1) is 0 Å². The minimum absolute atomic E-state index is 0.172. The molecule has 172 valence electrons. The molecule has 0 saturated carbocycles. The molecule has 5 rings (SSSR count). The van der Waals surface area contributed by atoms with E-state index < -0.39 is 34.4 Å². The highest BCUT2D eigenvalue weighted by atomic mass is 19.4. The van der Waals surface area contributed by atoms with E-state index in [1.54, 1.807) is 24.3 Å². The van der Waals surface area contributed by atoms with Gasteiger partial charge in [0.1, 0.15) is 11.6 Å². The van der Waals surface area contributed by atoms with Crippen molar-refractivity contribution in [2.45, 2.75) is 25.4 Å². The molecule has 1 nitrogen and oxygen atoms in total. The van der Waals surface area contributed by atoms with E-state index in [2.05, 4.69) is 0 Å². The summed E-state index contributed by atoms with van der Waals surface area (Å²) < 4.78 is 72.9. The van der Waals surface area contributed by atoms with Gasteiger partial charge in [0.25, 0.3) is 0 Å².